The van der Waals surface area contributed by atoms with Crippen molar-refractivity contribution in [1.29, 1.82) is 0 Å². The zero-order valence-corrected chi connectivity index (χ0v) is 28.7. The second-order valence-corrected chi connectivity index (χ2v) is 13.4. The Kier molecular flexibility index (Phi) is 7.52. The van der Waals surface area contributed by atoms with Crippen molar-refractivity contribution in [1.82, 2.24) is 15.0 Å². The first-order valence-electron chi connectivity index (χ1n) is 17.3. The zero-order valence-electron chi connectivity index (χ0n) is 28.7. The molecule has 0 fully saturated rings. The lowest BCUT2D eigenvalue weighted by molar-refractivity contribution is 0.475. The molecule has 0 aliphatic carbocycles. The second kappa shape index (κ2) is 12.5. The summed E-state index contributed by atoms with van der Waals surface area (Å²) in [5, 5.41) is 42.5. The monoisotopic (exact) mass is 694 g/mol. The van der Waals surface area contributed by atoms with Gasteiger partial charge < -0.3 is 35.3 Å². The third-order valence-corrected chi connectivity index (χ3v) is 9.85. The van der Waals surface area contributed by atoms with Gasteiger partial charge in [-0.05, 0) is 119 Å². The number of aromatic nitrogens is 3. The number of rotatable bonds is 4. The third kappa shape index (κ3) is 5.72. The van der Waals surface area contributed by atoms with Crippen LogP contribution in [0.25, 0.3) is 78.7 Å². The van der Waals surface area contributed by atoms with E-state index in [-0.39, 0.29) is 23.0 Å². The molecule has 4 aromatic carbocycles. The number of phenols is 4. The molecule has 3 aromatic heterocycles. The predicted molar refractivity (Wildman–Crippen MR) is 213 cm³/mol. The first-order valence-corrected chi connectivity index (χ1v) is 17.3. The van der Waals surface area contributed by atoms with Crippen LogP contribution >= 0.6 is 0 Å². The molecule has 8 nitrogen and oxygen atoms in total. The quantitative estimate of drug-likeness (QED) is 0.109. The molecule has 8 bridgehead atoms. The molecular formula is C45H34N4O4. The van der Waals surface area contributed by atoms with Crippen molar-refractivity contribution >= 4 is 39.9 Å². The summed E-state index contributed by atoms with van der Waals surface area (Å²) in [7, 11) is 2.05. The summed E-state index contributed by atoms with van der Waals surface area (Å²) >= 11 is 0. The number of nitrogens with zero attached hydrogens (tertiary/aromatic N) is 2. The van der Waals surface area contributed by atoms with Gasteiger partial charge in [-0.15, -0.1) is 0 Å². The number of nitrogens with one attached hydrogen (secondary N) is 2. The summed E-state index contributed by atoms with van der Waals surface area (Å²) < 4.78 is 0. The molecule has 8 heteroatoms. The van der Waals surface area contributed by atoms with E-state index in [1.54, 1.807) is 48.5 Å². The molecule has 9 rings (SSSR count). The summed E-state index contributed by atoms with van der Waals surface area (Å²) in [6, 6.07) is 39.1. The minimum absolute atomic E-state index is 0.137. The van der Waals surface area contributed by atoms with Crippen molar-refractivity contribution in [3.63, 3.8) is 0 Å². The highest BCUT2D eigenvalue weighted by Gasteiger charge is 2.22. The number of hydrogen-bond donors (Lipinski definition) is 6. The van der Waals surface area contributed by atoms with E-state index < -0.39 is 0 Å². The fourth-order valence-corrected chi connectivity index (χ4v) is 7.57. The highest BCUT2D eigenvalue weighted by atomic mass is 16.3. The average molecular weight is 695 g/mol. The zero-order chi connectivity index (χ0) is 36.2. The Hall–Kier alpha value is -7.19. The number of aromatic hydroxyl groups is 4. The molecule has 53 heavy (non-hydrogen) atoms. The molecule has 0 spiro atoms. The SMILES string of the molecule is CN1Cc2cc1c(-c1cccc(O)c1)c1ccc([nH]1)c(-c1cccc(O)c1)c1nc(c(-c3cccc(O)c3)c3ccc([nH]3)c2-c2cccc(O)c2)C=C1. The number of benzene rings is 4. The number of H-pyrrole nitrogens is 2. The lowest BCUT2D eigenvalue weighted by Gasteiger charge is -2.17. The van der Waals surface area contributed by atoms with Gasteiger partial charge in [0, 0.05) is 63.6 Å². The van der Waals surface area contributed by atoms with E-state index in [0.717, 1.165) is 77.8 Å². The van der Waals surface area contributed by atoms with E-state index in [9.17, 15) is 20.4 Å². The number of fused-ring (bicyclic) bond motifs is 8. The van der Waals surface area contributed by atoms with Crippen LogP contribution in [0.3, 0.4) is 0 Å². The normalized spacial score (nSPS) is 12.4. The first kappa shape index (κ1) is 31.8. The van der Waals surface area contributed by atoms with Crippen LogP contribution in [-0.2, 0) is 6.54 Å². The maximum Gasteiger partial charge on any atom is 0.116 e. The molecule has 0 radical (unpaired) electrons. The molecule has 0 saturated carbocycles. The Labute approximate surface area is 304 Å². The lowest BCUT2D eigenvalue weighted by Crippen LogP contribution is -2.12. The van der Waals surface area contributed by atoms with E-state index in [4.69, 9.17) is 4.98 Å². The molecule has 7 aromatic rings. The predicted octanol–water partition coefficient (Wildman–Crippen LogP) is 10.2. The van der Waals surface area contributed by atoms with E-state index in [1.165, 1.54) is 0 Å². The van der Waals surface area contributed by atoms with Crippen LogP contribution in [0.4, 0.5) is 5.69 Å². The van der Waals surface area contributed by atoms with Gasteiger partial charge in [0.05, 0.1) is 11.4 Å². The van der Waals surface area contributed by atoms with Crippen LogP contribution in [0.15, 0.2) is 127 Å². The minimum atomic E-state index is 0.137. The molecule has 5 heterocycles. The lowest BCUT2D eigenvalue weighted by atomic mass is 10.0. The maximum absolute atomic E-state index is 10.7. The fraction of sp³-hybridized carbons (Fsp3) is 0.0444. The maximum atomic E-state index is 10.7. The van der Waals surface area contributed by atoms with Gasteiger partial charge >= 0.3 is 0 Å². The van der Waals surface area contributed by atoms with Crippen molar-refractivity contribution in [2.75, 3.05) is 11.9 Å². The molecule has 258 valence electrons. The van der Waals surface area contributed by atoms with Gasteiger partial charge in [-0.1, -0.05) is 48.5 Å². The van der Waals surface area contributed by atoms with Gasteiger partial charge in [-0.3, -0.25) is 0 Å². The van der Waals surface area contributed by atoms with E-state index >= 15 is 0 Å². The van der Waals surface area contributed by atoms with Gasteiger partial charge in [-0.25, -0.2) is 4.98 Å². The average Bonchev–Trinajstić information content (AvgIpc) is 3.96. The van der Waals surface area contributed by atoms with Gasteiger partial charge in [0.15, 0.2) is 0 Å². The van der Waals surface area contributed by atoms with Crippen LogP contribution < -0.4 is 4.90 Å². The van der Waals surface area contributed by atoms with E-state index in [0.29, 0.717) is 17.9 Å². The van der Waals surface area contributed by atoms with E-state index in [2.05, 4.69) is 20.9 Å². The van der Waals surface area contributed by atoms with Gasteiger partial charge in [0.25, 0.3) is 0 Å². The fourth-order valence-electron chi connectivity index (χ4n) is 7.57. The van der Waals surface area contributed by atoms with Gasteiger partial charge in [0.2, 0.25) is 0 Å². The summed E-state index contributed by atoms with van der Waals surface area (Å²) in [6.45, 7) is 0.571. The van der Waals surface area contributed by atoms with Crippen LogP contribution in [-0.4, -0.2) is 42.4 Å². The number of aromatic amines is 2. The Balaban J connectivity index is 1.50. The minimum Gasteiger partial charge on any atom is -0.508 e. The molecule has 0 unspecified atom stereocenters. The van der Waals surface area contributed by atoms with Crippen molar-refractivity contribution < 1.29 is 20.4 Å². The van der Waals surface area contributed by atoms with Crippen molar-refractivity contribution in [2.24, 2.45) is 0 Å². The van der Waals surface area contributed by atoms with Crippen molar-refractivity contribution in [3.8, 4) is 67.5 Å². The highest BCUT2D eigenvalue weighted by molar-refractivity contribution is 5.99. The Bertz CT molecular complexity index is 2790. The third-order valence-electron chi connectivity index (χ3n) is 9.85. The molecular weight excluding hydrogens is 661 g/mol. The largest absolute Gasteiger partial charge is 0.508 e. The Morgan fingerprint density at radius 1 is 0.472 bits per heavy atom. The van der Waals surface area contributed by atoms with Crippen molar-refractivity contribution in [2.45, 2.75) is 6.54 Å². The van der Waals surface area contributed by atoms with Gasteiger partial charge in [0.1, 0.15) is 23.0 Å². The molecule has 0 saturated heterocycles. The summed E-state index contributed by atoms with van der Waals surface area (Å²) in [4.78, 5) is 14.8. The molecule has 2 aliphatic heterocycles. The topological polar surface area (TPSA) is 129 Å². The van der Waals surface area contributed by atoms with Crippen LogP contribution in [0.1, 0.15) is 17.0 Å². The Morgan fingerprint density at radius 2 is 0.849 bits per heavy atom. The molecule has 2 aliphatic rings. The first-order chi connectivity index (χ1) is 25.8. The molecule has 6 N–H and O–H groups in total. The standard InChI is InChI=1S/C45H34N4O4/c1-49-25-30-24-41(49)45(29-9-5-13-34(53)23-29)40-19-18-39(48-40)44(28-8-4-12-33(52)22-28)38-17-16-37(47-38)43(27-7-3-11-32(51)21-27)36-15-14-35(46-36)42(30)26-6-2-10-31(50)20-26/h2-24,46,48,50-53H,25H2,1H3. The second-order valence-electron chi connectivity index (χ2n) is 13.4. The summed E-state index contributed by atoms with van der Waals surface area (Å²) in [6.07, 6.45) is 3.94. The Morgan fingerprint density at radius 3 is 1.28 bits per heavy atom. The van der Waals surface area contributed by atoms with Gasteiger partial charge in [-0.2, -0.15) is 0 Å². The van der Waals surface area contributed by atoms with Crippen molar-refractivity contribution in [3.05, 3.63) is 144 Å². The summed E-state index contributed by atoms with van der Waals surface area (Å²) in [5.41, 5.74) is 13.3. The number of phenolic OH excluding ortho intramolecular Hbond substituents is 4. The molecule has 0 amide bonds. The number of anilines is 1. The summed E-state index contributed by atoms with van der Waals surface area (Å²) in [5.74, 6) is 0.595. The highest BCUT2D eigenvalue weighted by Crippen LogP contribution is 2.43. The smallest absolute Gasteiger partial charge is 0.116 e. The van der Waals surface area contributed by atoms with Crippen LogP contribution in [0.5, 0.6) is 23.0 Å². The van der Waals surface area contributed by atoms with E-state index in [1.807, 2.05) is 92.0 Å². The molecule has 0 atom stereocenters. The van der Waals surface area contributed by atoms with Crippen LogP contribution in [0.2, 0.25) is 0 Å². The van der Waals surface area contributed by atoms with Crippen LogP contribution in [0, 0.1) is 0 Å². The number of hydrogen-bond acceptors (Lipinski definition) is 6.